The number of hydrogen-bond acceptors (Lipinski definition) is 0. The van der Waals surface area contributed by atoms with E-state index in [2.05, 4.69) is 24.3 Å². The van der Waals surface area contributed by atoms with Crippen molar-refractivity contribution < 1.29 is 22.0 Å². The van der Waals surface area contributed by atoms with Gasteiger partial charge in [-0.05, 0) is 22.5 Å². The predicted octanol–water partition coefficient (Wildman–Crippen LogP) is 7.26. The Hall–Kier alpha value is -3.41. The Morgan fingerprint density at radius 1 is 0.588 bits per heavy atom. The molecule has 0 bridgehead atoms. The van der Waals surface area contributed by atoms with Crippen LogP contribution in [0.5, 0.6) is 0 Å². The third kappa shape index (κ3) is 4.77. The molecule has 0 radical (unpaired) electrons. The second-order valence-electron chi connectivity index (χ2n) is 8.42. The first kappa shape index (κ1) is 23.7. The standard InChI is InChI=1S/C28H22BF5/c1-17(22-24(30)26(32)28(34)27(33)25(22)31)29-16-18-9-8-14-21(15-18)23(19-10-4-2-5-11-19)20-12-6-3-7-13-20/h2-15,17,23,29H,16H2,1H3. The minimum atomic E-state index is -2.13. The van der Waals surface area contributed by atoms with Crippen molar-refractivity contribution in [1.29, 1.82) is 0 Å². The molecule has 0 amide bonds. The molecule has 172 valence electrons. The van der Waals surface area contributed by atoms with Gasteiger partial charge in [-0.2, -0.15) is 0 Å². The molecule has 0 N–H and O–H groups in total. The van der Waals surface area contributed by atoms with Crippen LogP contribution in [0.1, 0.15) is 46.5 Å². The van der Waals surface area contributed by atoms with E-state index in [1.807, 2.05) is 60.7 Å². The van der Waals surface area contributed by atoms with Crippen LogP contribution in [0.25, 0.3) is 0 Å². The fourth-order valence-electron chi connectivity index (χ4n) is 4.38. The molecule has 34 heavy (non-hydrogen) atoms. The zero-order valence-electron chi connectivity index (χ0n) is 18.5. The van der Waals surface area contributed by atoms with E-state index in [1.165, 1.54) is 6.92 Å². The second kappa shape index (κ2) is 10.2. The Bertz CT molecular complexity index is 1210. The number of benzene rings is 4. The maximum atomic E-state index is 14.2. The molecule has 0 aromatic heterocycles. The highest BCUT2D eigenvalue weighted by Crippen LogP contribution is 2.33. The summed E-state index contributed by atoms with van der Waals surface area (Å²) in [6, 6.07) is 28.0. The van der Waals surface area contributed by atoms with Crippen molar-refractivity contribution in [3.8, 4) is 0 Å². The fourth-order valence-corrected chi connectivity index (χ4v) is 4.38. The van der Waals surface area contributed by atoms with E-state index in [-0.39, 0.29) is 13.2 Å². The van der Waals surface area contributed by atoms with Crippen molar-refractivity contribution in [1.82, 2.24) is 0 Å². The fraction of sp³-hybridized carbons (Fsp3) is 0.143. The highest BCUT2D eigenvalue weighted by molar-refractivity contribution is 6.37. The van der Waals surface area contributed by atoms with Gasteiger partial charge in [-0.3, -0.25) is 0 Å². The zero-order chi connectivity index (χ0) is 24.2. The van der Waals surface area contributed by atoms with Crippen LogP contribution in [0.2, 0.25) is 0 Å². The molecule has 0 aliphatic rings. The summed E-state index contributed by atoms with van der Waals surface area (Å²) in [5.74, 6) is -10.3. The van der Waals surface area contributed by atoms with Crippen LogP contribution in [-0.4, -0.2) is 7.28 Å². The third-order valence-electron chi connectivity index (χ3n) is 6.15. The van der Waals surface area contributed by atoms with Gasteiger partial charge < -0.3 is 0 Å². The number of halogens is 5. The van der Waals surface area contributed by atoms with Gasteiger partial charge >= 0.3 is 0 Å². The largest absolute Gasteiger partial charge is 0.203 e. The molecule has 0 spiro atoms. The van der Waals surface area contributed by atoms with Crippen molar-refractivity contribution in [3.63, 3.8) is 0 Å². The maximum Gasteiger partial charge on any atom is 0.200 e. The van der Waals surface area contributed by atoms with Crippen LogP contribution in [0.3, 0.4) is 0 Å². The van der Waals surface area contributed by atoms with Crippen LogP contribution in [0.4, 0.5) is 22.0 Å². The summed E-state index contributed by atoms with van der Waals surface area (Å²) in [6.07, 6.45) is 0.421. The normalized spacial score (nSPS) is 12.1. The zero-order valence-corrected chi connectivity index (χ0v) is 18.5. The summed E-state index contributed by atoms with van der Waals surface area (Å²) in [7, 11) is 0.225. The van der Waals surface area contributed by atoms with Crippen molar-refractivity contribution in [2.75, 3.05) is 0 Å². The van der Waals surface area contributed by atoms with Gasteiger partial charge in [-0.25, -0.2) is 22.0 Å². The number of hydrogen-bond donors (Lipinski definition) is 0. The average Bonchev–Trinajstić information content (AvgIpc) is 2.87. The first-order chi connectivity index (χ1) is 16.4. The van der Waals surface area contributed by atoms with Gasteiger partial charge in [-0.15, -0.1) is 0 Å². The lowest BCUT2D eigenvalue weighted by atomic mass is 9.58. The lowest BCUT2D eigenvalue weighted by Gasteiger charge is -2.20. The minimum absolute atomic E-state index is 0.00467. The minimum Gasteiger partial charge on any atom is -0.203 e. The lowest BCUT2D eigenvalue weighted by molar-refractivity contribution is 0.370. The summed E-state index contributed by atoms with van der Waals surface area (Å²) in [5.41, 5.74) is 3.46. The van der Waals surface area contributed by atoms with Crippen LogP contribution in [-0.2, 0) is 6.32 Å². The molecule has 0 heterocycles. The molecule has 0 saturated carbocycles. The molecule has 0 aliphatic carbocycles. The Kier molecular flexibility index (Phi) is 7.16. The van der Waals surface area contributed by atoms with Gasteiger partial charge in [0, 0.05) is 11.5 Å². The molecule has 0 fully saturated rings. The van der Waals surface area contributed by atoms with Crippen LogP contribution in [0, 0.1) is 29.1 Å². The van der Waals surface area contributed by atoms with Gasteiger partial charge in [0.05, 0.1) is 0 Å². The summed E-state index contributed by atoms with van der Waals surface area (Å²) in [6.45, 7) is 1.47. The molecule has 0 aliphatic heterocycles. The van der Waals surface area contributed by atoms with E-state index >= 15 is 0 Å². The van der Waals surface area contributed by atoms with E-state index in [1.54, 1.807) is 0 Å². The van der Waals surface area contributed by atoms with Gasteiger partial charge in [0.2, 0.25) is 5.82 Å². The monoisotopic (exact) mass is 464 g/mol. The van der Waals surface area contributed by atoms with Gasteiger partial charge in [0.15, 0.2) is 23.3 Å². The molecular weight excluding hydrogens is 442 g/mol. The highest BCUT2D eigenvalue weighted by Gasteiger charge is 2.28. The molecule has 4 rings (SSSR count). The second-order valence-corrected chi connectivity index (χ2v) is 8.42. The van der Waals surface area contributed by atoms with Crippen LogP contribution >= 0.6 is 0 Å². The predicted molar refractivity (Wildman–Crippen MR) is 126 cm³/mol. The maximum absolute atomic E-state index is 14.2. The average molecular weight is 464 g/mol. The van der Waals surface area contributed by atoms with Gasteiger partial charge in [0.25, 0.3) is 0 Å². The first-order valence-corrected chi connectivity index (χ1v) is 11.1. The lowest BCUT2D eigenvalue weighted by Crippen LogP contribution is -2.15. The summed E-state index contributed by atoms with van der Waals surface area (Å²) >= 11 is 0. The third-order valence-corrected chi connectivity index (χ3v) is 6.15. The summed E-state index contributed by atoms with van der Waals surface area (Å²) in [5, 5.41) is 0. The Morgan fingerprint density at radius 2 is 1.06 bits per heavy atom. The molecule has 1 atom stereocenters. The van der Waals surface area contributed by atoms with E-state index in [4.69, 9.17) is 0 Å². The molecule has 4 aromatic rings. The smallest absolute Gasteiger partial charge is 0.200 e. The highest BCUT2D eigenvalue weighted by atomic mass is 19.2. The summed E-state index contributed by atoms with van der Waals surface area (Å²) in [4.78, 5) is 0. The molecular formula is C28H22BF5. The molecule has 4 aromatic carbocycles. The van der Waals surface area contributed by atoms with Gasteiger partial charge in [0.1, 0.15) is 7.28 Å². The SMILES string of the molecule is CC(BCc1cccc(C(c2ccccc2)c2ccccc2)c1)c1c(F)c(F)c(F)c(F)c1F. The summed E-state index contributed by atoms with van der Waals surface area (Å²) < 4.78 is 69.0. The Morgan fingerprint density at radius 3 is 1.59 bits per heavy atom. The van der Waals surface area contributed by atoms with Crippen molar-refractivity contribution in [3.05, 3.63) is 142 Å². The van der Waals surface area contributed by atoms with E-state index < -0.39 is 40.5 Å². The van der Waals surface area contributed by atoms with Crippen LogP contribution in [0.15, 0.2) is 84.9 Å². The van der Waals surface area contributed by atoms with Gasteiger partial charge in [-0.1, -0.05) is 104 Å². The van der Waals surface area contributed by atoms with Crippen molar-refractivity contribution in [2.24, 2.45) is 0 Å². The number of rotatable bonds is 7. The topological polar surface area (TPSA) is 0 Å². The quantitative estimate of drug-likeness (QED) is 0.0888. The van der Waals surface area contributed by atoms with Crippen molar-refractivity contribution >= 4 is 7.28 Å². The van der Waals surface area contributed by atoms with E-state index in [0.717, 1.165) is 22.3 Å². The molecule has 6 heteroatoms. The van der Waals surface area contributed by atoms with E-state index in [0.29, 0.717) is 6.32 Å². The van der Waals surface area contributed by atoms with Crippen molar-refractivity contribution in [2.45, 2.75) is 25.0 Å². The Balaban J connectivity index is 1.61. The first-order valence-electron chi connectivity index (χ1n) is 11.1. The van der Waals surface area contributed by atoms with Crippen LogP contribution < -0.4 is 0 Å². The van der Waals surface area contributed by atoms with E-state index in [9.17, 15) is 22.0 Å². The molecule has 0 nitrogen and oxygen atoms in total. The molecule has 1 unspecified atom stereocenters. The Labute approximate surface area is 196 Å². The molecule has 0 saturated heterocycles.